The van der Waals surface area contributed by atoms with Gasteiger partial charge in [-0.15, -0.1) is 0 Å². The lowest BCUT2D eigenvalue weighted by Crippen LogP contribution is -2.39. The average molecular weight is 449 g/mol. The second-order valence-electron chi connectivity index (χ2n) is 7.10. The monoisotopic (exact) mass is 448 g/mol. The van der Waals surface area contributed by atoms with E-state index in [9.17, 15) is 0 Å². The molecule has 0 atom stereocenters. The largest absolute Gasteiger partial charge is 0.494 e. The van der Waals surface area contributed by atoms with Crippen molar-refractivity contribution < 1.29 is 4.74 Å². The van der Waals surface area contributed by atoms with Crippen LogP contribution >= 0.6 is 12.2 Å². The van der Waals surface area contributed by atoms with E-state index in [-0.39, 0.29) is 0 Å². The zero-order valence-corrected chi connectivity index (χ0v) is 19.4. The summed E-state index contributed by atoms with van der Waals surface area (Å²) in [6, 6.07) is 19.7. The Morgan fingerprint density at radius 1 is 0.969 bits per heavy atom. The van der Waals surface area contributed by atoms with E-state index in [0.29, 0.717) is 30.2 Å². The minimum Gasteiger partial charge on any atom is -0.494 e. The molecule has 0 fully saturated rings. The number of anilines is 2. The van der Waals surface area contributed by atoms with E-state index < -0.39 is 0 Å². The lowest BCUT2D eigenvalue weighted by atomic mass is 10.2. The first-order chi connectivity index (χ1) is 15.5. The smallest absolute Gasteiger partial charge is 0.229 e. The molecule has 1 heterocycles. The maximum absolute atomic E-state index is 5.49. The first-order valence-corrected chi connectivity index (χ1v) is 10.9. The number of nitrogens with one attached hydrogen (secondary N) is 3. The van der Waals surface area contributed by atoms with Crippen molar-refractivity contribution in [3.8, 4) is 5.75 Å². The van der Waals surface area contributed by atoms with E-state index in [1.54, 1.807) is 0 Å². The molecule has 0 spiro atoms. The SMILES string of the molecule is CCOc1ccc(NC(=S)NC(=NCCc2ccccc2)Nc2nc(C)cc(C)n2)cc1. The molecule has 0 aliphatic heterocycles. The van der Waals surface area contributed by atoms with Crippen LogP contribution in [-0.2, 0) is 6.42 Å². The summed E-state index contributed by atoms with van der Waals surface area (Å²) in [7, 11) is 0. The van der Waals surface area contributed by atoms with Gasteiger partial charge in [0.25, 0.3) is 0 Å². The van der Waals surface area contributed by atoms with Crippen LogP contribution in [0.5, 0.6) is 5.75 Å². The minimum absolute atomic E-state index is 0.407. The molecule has 0 unspecified atom stereocenters. The van der Waals surface area contributed by atoms with Crippen LogP contribution in [0.3, 0.4) is 0 Å². The molecule has 1 aromatic heterocycles. The molecule has 0 bridgehead atoms. The Balaban J connectivity index is 1.68. The van der Waals surface area contributed by atoms with Crippen LogP contribution in [0, 0.1) is 13.8 Å². The highest BCUT2D eigenvalue weighted by Gasteiger charge is 2.07. The molecule has 0 aliphatic carbocycles. The number of ether oxygens (including phenoxy) is 1. The van der Waals surface area contributed by atoms with Crippen molar-refractivity contribution >= 4 is 34.9 Å². The third-order valence-corrected chi connectivity index (χ3v) is 4.58. The molecule has 3 rings (SSSR count). The Kier molecular flexibility index (Phi) is 8.51. The van der Waals surface area contributed by atoms with Crippen LogP contribution in [0.4, 0.5) is 11.6 Å². The van der Waals surface area contributed by atoms with Crippen molar-refractivity contribution in [2.24, 2.45) is 4.99 Å². The van der Waals surface area contributed by atoms with Gasteiger partial charge in [-0.1, -0.05) is 30.3 Å². The van der Waals surface area contributed by atoms with Crippen molar-refractivity contribution in [1.29, 1.82) is 0 Å². The second kappa shape index (κ2) is 11.8. The highest BCUT2D eigenvalue weighted by molar-refractivity contribution is 7.80. The van der Waals surface area contributed by atoms with Gasteiger partial charge in [-0.3, -0.25) is 10.3 Å². The molecule has 0 saturated carbocycles. The zero-order chi connectivity index (χ0) is 22.8. The zero-order valence-electron chi connectivity index (χ0n) is 18.6. The van der Waals surface area contributed by atoms with Crippen molar-refractivity contribution in [3.05, 3.63) is 77.6 Å². The first kappa shape index (κ1) is 23.1. The number of thiocarbonyl (C=S) groups is 1. The van der Waals surface area contributed by atoms with Crippen molar-refractivity contribution in [3.63, 3.8) is 0 Å². The minimum atomic E-state index is 0.407. The van der Waals surface area contributed by atoms with Gasteiger partial charge in [0.2, 0.25) is 11.9 Å². The topological polar surface area (TPSA) is 83.5 Å². The van der Waals surface area contributed by atoms with Crippen LogP contribution < -0.4 is 20.7 Å². The predicted molar refractivity (Wildman–Crippen MR) is 135 cm³/mol. The van der Waals surface area contributed by atoms with Gasteiger partial charge in [0.1, 0.15) is 5.75 Å². The van der Waals surface area contributed by atoms with Gasteiger partial charge in [-0.2, -0.15) is 0 Å². The summed E-state index contributed by atoms with van der Waals surface area (Å²) < 4.78 is 5.48. The van der Waals surface area contributed by atoms with E-state index in [1.165, 1.54) is 5.56 Å². The fourth-order valence-corrected chi connectivity index (χ4v) is 3.23. The number of hydrogen-bond donors (Lipinski definition) is 3. The van der Waals surface area contributed by atoms with Crippen molar-refractivity contribution in [2.75, 3.05) is 23.8 Å². The Labute approximate surface area is 194 Å². The molecular weight excluding hydrogens is 420 g/mol. The summed E-state index contributed by atoms with van der Waals surface area (Å²) in [6.45, 7) is 7.02. The van der Waals surface area contributed by atoms with Crippen molar-refractivity contribution in [2.45, 2.75) is 27.2 Å². The molecule has 0 amide bonds. The number of aliphatic imine (C=N–C) groups is 1. The van der Waals surface area contributed by atoms with Crippen LogP contribution in [0.15, 0.2) is 65.7 Å². The maximum Gasteiger partial charge on any atom is 0.229 e. The van der Waals surface area contributed by atoms with Gasteiger partial charge in [-0.25, -0.2) is 9.97 Å². The molecule has 0 radical (unpaired) electrons. The molecule has 0 aliphatic rings. The van der Waals surface area contributed by atoms with E-state index >= 15 is 0 Å². The van der Waals surface area contributed by atoms with Crippen molar-refractivity contribution in [1.82, 2.24) is 15.3 Å². The Bertz CT molecular complexity index is 1030. The van der Waals surface area contributed by atoms with Gasteiger partial charge in [0, 0.05) is 23.6 Å². The molecule has 7 nitrogen and oxygen atoms in total. The van der Waals surface area contributed by atoms with E-state index in [1.807, 2.05) is 69.3 Å². The standard InChI is InChI=1S/C24H28N6OS/c1-4-31-21-12-10-20(11-13-21)28-24(32)30-22(25-15-14-19-8-6-5-7-9-19)29-23-26-17(2)16-18(3)27-23/h5-13,16H,4,14-15H2,1-3H3,(H3,25,26,27,28,29,30,32). The van der Waals surface area contributed by atoms with Crippen LogP contribution in [0.1, 0.15) is 23.9 Å². The van der Waals surface area contributed by atoms with Crippen LogP contribution in [0.25, 0.3) is 0 Å². The Morgan fingerprint density at radius 2 is 1.66 bits per heavy atom. The number of benzene rings is 2. The molecule has 2 aromatic carbocycles. The van der Waals surface area contributed by atoms with E-state index in [2.05, 4.69) is 43.0 Å². The number of guanidine groups is 1. The highest BCUT2D eigenvalue weighted by Crippen LogP contribution is 2.15. The molecule has 8 heteroatoms. The van der Waals surface area contributed by atoms with Crippen LogP contribution in [-0.4, -0.2) is 34.2 Å². The van der Waals surface area contributed by atoms with Gasteiger partial charge in [0.05, 0.1) is 6.61 Å². The third kappa shape index (κ3) is 7.63. The number of hydrogen-bond acceptors (Lipinski definition) is 5. The summed E-state index contributed by atoms with van der Waals surface area (Å²) >= 11 is 5.49. The lowest BCUT2D eigenvalue weighted by molar-refractivity contribution is 0.340. The number of rotatable bonds is 7. The van der Waals surface area contributed by atoms with E-state index in [4.69, 9.17) is 17.0 Å². The average Bonchev–Trinajstić information content (AvgIpc) is 2.75. The molecule has 0 saturated heterocycles. The molecule has 3 aromatic rings. The summed E-state index contributed by atoms with van der Waals surface area (Å²) in [5.74, 6) is 1.76. The summed E-state index contributed by atoms with van der Waals surface area (Å²) in [5, 5.41) is 9.85. The van der Waals surface area contributed by atoms with Gasteiger partial charge < -0.3 is 15.4 Å². The number of aromatic nitrogens is 2. The Hall–Kier alpha value is -3.52. The Morgan fingerprint density at radius 3 is 2.31 bits per heavy atom. The molecule has 3 N–H and O–H groups in total. The summed E-state index contributed by atoms with van der Waals surface area (Å²) in [4.78, 5) is 13.5. The lowest BCUT2D eigenvalue weighted by Gasteiger charge is -2.14. The first-order valence-electron chi connectivity index (χ1n) is 10.5. The number of nitrogens with zero attached hydrogens (tertiary/aromatic N) is 3. The van der Waals surface area contributed by atoms with Gasteiger partial charge in [-0.05, 0) is 75.3 Å². The van der Waals surface area contributed by atoms with Crippen LogP contribution in [0.2, 0.25) is 0 Å². The third-order valence-electron chi connectivity index (χ3n) is 4.38. The maximum atomic E-state index is 5.49. The molecule has 166 valence electrons. The predicted octanol–water partition coefficient (Wildman–Crippen LogP) is 4.49. The van der Waals surface area contributed by atoms with Gasteiger partial charge in [0.15, 0.2) is 5.11 Å². The second-order valence-corrected chi connectivity index (χ2v) is 7.51. The highest BCUT2D eigenvalue weighted by atomic mass is 32.1. The van der Waals surface area contributed by atoms with E-state index in [0.717, 1.165) is 29.2 Å². The fraction of sp³-hybridized carbons (Fsp3) is 0.250. The molecular formula is C24H28N6OS. The fourth-order valence-electron chi connectivity index (χ4n) is 3.01. The van der Waals surface area contributed by atoms with Gasteiger partial charge >= 0.3 is 0 Å². The normalized spacial score (nSPS) is 11.0. The summed E-state index contributed by atoms with van der Waals surface area (Å²) in [5.41, 5.74) is 3.81. The molecule has 32 heavy (non-hydrogen) atoms. The number of aryl methyl sites for hydroxylation is 2. The quantitative estimate of drug-likeness (QED) is 0.279. The summed E-state index contributed by atoms with van der Waals surface area (Å²) in [6.07, 6.45) is 0.806.